The average Bonchev–Trinajstić information content (AvgIpc) is 2.59. The van der Waals surface area contributed by atoms with Crippen molar-refractivity contribution < 1.29 is 14.6 Å². The van der Waals surface area contributed by atoms with Gasteiger partial charge in [-0.05, 0) is 62.1 Å². The maximum Gasteiger partial charge on any atom is 0.309 e. The fraction of sp³-hybridized carbons (Fsp3) is 0.300. The number of rotatable bonds is 8. The van der Waals surface area contributed by atoms with Crippen LogP contribution in [0.25, 0.3) is 12.2 Å². The highest BCUT2D eigenvalue weighted by Gasteiger charge is 2.26. The molecule has 24 heavy (non-hydrogen) atoms. The van der Waals surface area contributed by atoms with Gasteiger partial charge in [0.25, 0.3) is 0 Å². The van der Waals surface area contributed by atoms with Gasteiger partial charge in [-0.1, -0.05) is 24.3 Å². The molecular formula is C20H23NO3. The van der Waals surface area contributed by atoms with E-state index in [0.29, 0.717) is 19.4 Å². The van der Waals surface area contributed by atoms with E-state index in [1.165, 1.54) is 0 Å². The Balaban J connectivity index is 1.80. The fourth-order valence-electron chi connectivity index (χ4n) is 2.15. The summed E-state index contributed by atoms with van der Waals surface area (Å²) in [4.78, 5) is 15.0. The molecule has 4 nitrogen and oxygen atoms in total. The van der Waals surface area contributed by atoms with Crippen LogP contribution in [-0.4, -0.2) is 22.7 Å². The lowest BCUT2D eigenvalue weighted by Crippen LogP contribution is -2.24. The van der Waals surface area contributed by atoms with Gasteiger partial charge in [0.15, 0.2) is 0 Å². The summed E-state index contributed by atoms with van der Waals surface area (Å²) in [6.45, 7) is 3.99. The number of pyridine rings is 1. The number of carboxylic acid groups (broad SMARTS) is 1. The number of ether oxygens (including phenoxy) is 1. The largest absolute Gasteiger partial charge is 0.494 e. The number of hydrogen-bond acceptors (Lipinski definition) is 3. The predicted molar refractivity (Wildman–Crippen MR) is 95.8 cm³/mol. The van der Waals surface area contributed by atoms with Gasteiger partial charge in [0.05, 0.1) is 12.0 Å². The molecule has 126 valence electrons. The van der Waals surface area contributed by atoms with E-state index < -0.39 is 11.4 Å². The van der Waals surface area contributed by atoms with Gasteiger partial charge < -0.3 is 9.84 Å². The molecule has 2 rings (SSSR count). The molecule has 0 atom stereocenters. The lowest BCUT2D eigenvalue weighted by molar-refractivity contribution is -0.147. The Morgan fingerprint density at radius 2 is 1.67 bits per heavy atom. The summed E-state index contributed by atoms with van der Waals surface area (Å²) in [6.07, 6.45) is 8.91. The van der Waals surface area contributed by atoms with Crippen molar-refractivity contribution in [1.82, 2.24) is 4.98 Å². The van der Waals surface area contributed by atoms with E-state index in [0.717, 1.165) is 16.9 Å². The second-order valence-electron chi connectivity index (χ2n) is 6.32. The zero-order valence-corrected chi connectivity index (χ0v) is 14.1. The van der Waals surface area contributed by atoms with Gasteiger partial charge >= 0.3 is 5.97 Å². The predicted octanol–water partition coefficient (Wildman–Crippen LogP) is 4.52. The van der Waals surface area contributed by atoms with Crippen molar-refractivity contribution in [1.29, 1.82) is 0 Å². The summed E-state index contributed by atoms with van der Waals surface area (Å²) in [5.41, 5.74) is 1.49. The Hall–Kier alpha value is -2.62. The standard InChI is InChI=1S/C20H23NO3/c1-20(2,19(22)23)12-3-15-24-18-8-6-16(7-9-18)4-5-17-10-13-21-14-11-17/h4-11,13-14H,3,12,15H2,1-2H3,(H,22,23)/b5-4+. The van der Waals surface area contributed by atoms with Gasteiger partial charge in [0.2, 0.25) is 0 Å². The van der Waals surface area contributed by atoms with Gasteiger partial charge in [-0.3, -0.25) is 9.78 Å². The number of nitrogens with zero attached hydrogens (tertiary/aromatic N) is 1. The minimum Gasteiger partial charge on any atom is -0.494 e. The molecule has 0 aliphatic rings. The fourth-order valence-corrected chi connectivity index (χ4v) is 2.15. The van der Waals surface area contributed by atoms with E-state index in [4.69, 9.17) is 9.84 Å². The lowest BCUT2D eigenvalue weighted by Gasteiger charge is -2.18. The van der Waals surface area contributed by atoms with E-state index in [1.807, 2.05) is 48.6 Å². The van der Waals surface area contributed by atoms with Crippen molar-refractivity contribution in [3.05, 3.63) is 59.9 Å². The Morgan fingerprint density at radius 3 is 2.25 bits per heavy atom. The van der Waals surface area contributed by atoms with Crippen molar-refractivity contribution in [2.45, 2.75) is 26.7 Å². The molecule has 2 aromatic rings. The van der Waals surface area contributed by atoms with Gasteiger partial charge in [-0.2, -0.15) is 0 Å². The van der Waals surface area contributed by atoms with Crippen LogP contribution >= 0.6 is 0 Å². The Morgan fingerprint density at radius 1 is 1.08 bits per heavy atom. The van der Waals surface area contributed by atoms with E-state index >= 15 is 0 Å². The summed E-state index contributed by atoms with van der Waals surface area (Å²) in [7, 11) is 0. The average molecular weight is 325 g/mol. The molecule has 0 fully saturated rings. The summed E-state index contributed by atoms with van der Waals surface area (Å²) < 4.78 is 5.67. The van der Waals surface area contributed by atoms with Crippen LogP contribution in [0.2, 0.25) is 0 Å². The molecule has 0 saturated carbocycles. The van der Waals surface area contributed by atoms with Gasteiger partial charge in [0.1, 0.15) is 5.75 Å². The molecule has 1 heterocycles. The lowest BCUT2D eigenvalue weighted by atomic mass is 9.88. The number of carboxylic acids is 1. The van der Waals surface area contributed by atoms with E-state index in [9.17, 15) is 4.79 Å². The molecular weight excluding hydrogens is 302 g/mol. The highest BCUT2D eigenvalue weighted by Crippen LogP contribution is 2.22. The minimum absolute atomic E-state index is 0.517. The van der Waals surface area contributed by atoms with Crippen LogP contribution in [0.4, 0.5) is 0 Å². The van der Waals surface area contributed by atoms with E-state index in [1.54, 1.807) is 26.2 Å². The zero-order chi connectivity index (χ0) is 17.4. The van der Waals surface area contributed by atoms with Crippen LogP contribution in [-0.2, 0) is 4.79 Å². The topological polar surface area (TPSA) is 59.4 Å². The van der Waals surface area contributed by atoms with Crippen LogP contribution in [0, 0.1) is 5.41 Å². The normalized spacial score (nSPS) is 11.6. The monoisotopic (exact) mass is 325 g/mol. The highest BCUT2D eigenvalue weighted by atomic mass is 16.5. The number of benzene rings is 1. The van der Waals surface area contributed by atoms with E-state index in [-0.39, 0.29) is 0 Å². The summed E-state index contributed by atoms with van der Waals surface area (Å²) in [6, 6.07) is 11.7. The van der Waals surface area contributed by atoms with Crippen LogP contribution < -0.4 is 4.74 Å². The highest BCUT2D eigenvalue weighted by molar-refractivity contribution is 5.73. The first-order chi connectivity index (χ1) is 11.5. The quantitative estimate of drug-likeness (QED) is 0.725. The SMILES string of the molecule is CC(C)(CCCOc1ccc(/C=C/c2ccncc2)cc1)C(=O)O. The first kappa shape index (κ1) is 17.7. The Kier molecular flexibility index (Phi) is 6.13. The molecule has 0 saturated heterocycles. The molecule has 0 bridgehead atoms. The second kappa shape index (κ2) is 8.29. The molecule has 1 aromatic carbocycles. The van der Waals surface area contributed by atoms with E-state index in [2.05, 4.69) is 4.98 Å². The summed E-state index contributed by atoms with van der Waals surface area (Å²) >= 11 is 0. The third-order valence-electron chi connectivity index (χ3n) is 3.85. The number of carbonyl (C=O) groups is 1. The molecule has 0 unspecified atom stereocenters. The molecule has 4 heteroatoms. The van der Waals surface area contributed by atoms with Crippen molar-refractivity contribution in [3.63, 3.8) is 0 Å². The van der Waals surface area contributed by atoms with Crippen LogP contribution in [0.3, 0.4) is 0 Å². The second-order valence-corrected chi connectivity index (χ2v) is 6.32. The van der Waals surface area contributed by atoms with Crippen LogP contribution in [0.15, 0.2) is 48.8 Å². The minimum atomic E-state index is -0.771. The number of hydrogen-bond donors (Lipinski definition) is 1. The third kappa shape index (κ3) is 5.54. The third-order valence-corrected chi connectivity index (χ3v) is 3.85. The van der Waals surface area contributed by atoms with Gasteiger partial charge in [-0.15, -0.1) is 0 Å². The number of aromatic nitrogens is 1. The van der Waals surface area contributed by atoms with Crippen LogP contribution in [0.5, 0.6) is 5.75 Å². The molecule has 0 aliphatic heterocycles. The zero-order valence-electron chi connectivity index (χ0n) is 14.1. The van der Waals surface area contributed by atoms with Crippen LogP contribution in [0.1, 0.15) is 37.8 Å². The maximum atomic E-state index is 11.0. The van der Waals surface area contributed by atoms with Crippen molar-refractivity contribution >= 4 is 18.1 Å². The first-order valence-electron chi connectivity index (χ1n) is 8.02. The van der Waals surface area contributed by atoms with Gasteiger partial charge in [0, 0.05) is 12.4 Å². The van der Waals surface area contributed by atoms with Gasteiger partial charge in [-0.25, -0.2) is 0 Å². The number of aliphatic carboxylic acids is 1. The van der Waals surface area contributed by atoms with Crippen molar-refractivity contribution in [3.8, 4) is 5.75 Å². The Labute approximate surface area is 142 Å². The molecule has 0 radical (unpaired) electrons. The molecule has 1 aromatic heterocycles. The Bertz CT molecular complexity index is 676. The molecule has 0 amide bonds. The molecule has 0 spiro atoms. The smallest absolute Gasteiger partial charge is 0.309 e. The summed E-state index contributed by atoms with van der Waals surface area (Å²) in [5, 5.41) is 9.07. The maximum absolute atomic E-state index is 11.0. The first-order valence-corrected chi connectivity index (χ1v) is 8.02. The van der Waals surface area contributed by atoms with Crippen molar-refractivity contribution in [2.75, 3.05) is 6.61 Å². The molecule has 0 aliphatic carbocycles. The summed E-state index contributed by atoms with van der Waals surface area (Å²) in [5.74, 6) is 0.0250. The molecule has 1 N–H and O–H groups in total. The van der Waals surface area contributed by atoms with Crippen molar-refractivity contribution in [2.24, 2.45) is 5.41 Å².